The molecule has 2 aromatic heterocycles. The van der Waals surface area contributed by atoms with Gasteiger partial charge in [0.15, 0.2) is 5.78 Å². The van der Waals surface area contributed by atoms with Crippen molar-refractivity contribution in [3.63, 3.8) is 0 Å². The molecule has 0 spiro atoms. The number of methoxy groups -OCH3 is 2. The molecule has 0 aliphatic heterocycles. The van der Waals surface area contributed by atoms with Crippen molar-refractivity contribution in [1.82, 2.24) is 4.40 Å². The Labute approximate surface area is 143 Å². The van der Waals surface area contributed by atoms with Crippen molar-refractivity contribution in [3.8, 4) is 0 Å². The number of hydrogen-bond donors (Lipinski definition) is 0. The Morgan fingerprint density at radius 3 is 2.20 bits per heavy atom. The van der Waals surface area contributed by atoms with Crippen molar-refractivity contribution in [1.29, 1.82) is 0 Å². The molecule has 0 aliphatic rings. The lowest BCUT2D eigenvalue weighted by molar-refractivity contribution is 0.0558. The van der Waals surface area contributed by atoms with Gasteiger partial charge in [0.05, 0.1) is 30.9 Å². The van der Waals surface area contributed by atoms with E-state index in [4.69, 9.17) is 9.47 Å². The molecule has 0 saturated carbocycles. The lowest BCUT2D eigenvalue weighted by Gasteiger charge is -2.04. The van der Waals surface area contributed by atoms with Gasteiger partial charge in [-0.3, -0.25) is 4.79 Å². The molecule has 3 rings (SSSR count). The number of ether oxygens (including phenoxy) is 2. The Kier molecular flexibility index (Phi) is 4.35. The Morgan fingerprint density at radius 2 is 1.56 bits per heavy atom. The van der Waals surface area contributed by atoms with Crippen molar-refractivity contribution < 1.29 is 23.9 Å². The van der Waals surface area contributed by atoms with Gasteiger partial charge in [-0.05, 0) is 12.1 Å². The molecule has 0 radical (unpaired) electrons. The van der Waals surface area contributed by atoms with Crippen molar-refractivity contribution in [2.75, 3.05) is 14.2 Å². The van der Waals surface area contributed by atoms with E-state index in [1.54, 1.807) is 47.0 Å². The standard InChI is InChI=1S/C19H15NO5/c1-24-18(22)14-11-20-9-8-13(10-15(20)16(14)19(23)25-2)17(21)12-6-4-3-5-7-12/h3-11H,1-2H3. The first-order valence-electron chi connectivity index (χ1n) is 7.48. The molecule has 0 saturated heterocycles. The van der Waals surface area contributed by atoms with Gasteiger partial charge in [0, 0.05) is 23.5 Å². The van der Waals surface area contributed by atoms with Crippen LogP contribution in [-0.2, 0) is 9.47 Å². The SMILES string of the molecule is COC(=O)c1cn2ccc(C(=O)c3ccccc3)cc2c1C(=O)OC. The third kappa shape index (κ3) is 2.89. The molecular weight excluding hydrogens is 322 g/mol. The maximum atomic E-state index is 12.6. The van der Waals surface area contributed by atoms with E-state index in [0.29, 0.717) is 16.6 Å². The fourth-order valence-corrected chi connectivity index (χ4v) is 2.65. The van der Waals surface area contributed by atoms with Gasteiger partial charge >= 0.3 is 11.9 Å². The van der Waals surface area contributed by atoms with Crippen molar-refractivity contribution in [3.05, 3.63) is 77.1 Å². The van der Waals surface area contributed by atoms with Crippen LogP contribution in [0.3, 0.4) is 0 Å². The normalized spacial score (nSPS) is 10.5. The number of carbonyl (C=O) groups excluding carboxylic acids is 3. The van der Waals surface area contributed by atoms with E-state index in [1.807, 2.05) is 6.07 Å². The van der Waals surface area contributed by atoms with Crippen LogP contribution in [0.15, 0.2) is 54.9 Å². The first-order valence-corrected chi connectivity index (χ1v) is 7.48. The van der Waals surface area contributed by atoms with E-state index in [0.717, 1.165) is 0 Å². The fraction of sp³-hybridized carbons (Fsp3) is 0.105. The predicted octanol–water partition coefficient (Wildman–Crippen LogP) is 2.74. The Hall–Kier alpha value is -3.41. The molecule has 2 heterocycles. The van der Waals surface area contributed by atoms with E-state index in [2.05, 4.69) is 0 Å². The number of nitrogens with zero attached hydrogens (tertiary/aromatic N) is 1. The largest absolute Gasteiger partial charge is 0.465 e. The van der Waals surface area contributed by atoms with Crippen LogP contribution in [0.1, 0.15) is 36.6 Å². The highest BCUT2D eigenvalue weighted by molar-refractivity contribution is 6.12. The zero-order valence-electron chi connectivity index (χ0n) is 13.7. The minimum atomic E-state index is -0.674. The number of esters is 2. The van der Waals surface area contributed by atoms with Gasteiger partial charge in [-0.2, -0.15) is 0 Å². The highest BCUT2D eigenvalue weighted by Crippen LogP contribution is 2.23. The lowest BCUT2D eigenvalue weighted by Crippen LogP contribution is -2.09. The van der Waals surface area contributed by atoms with Crippen LogP contribution in [0.25, 0.3) is 5.52 Å². The van der Waals surface area contributed by atoms with Crippen LogP contribution in [-0.4, -0.2) is 36.3 Å². The molecule has 0 fully saturated rings. The summed E-state index contributed by atoms with van der Waals surface area (Å²) < 4.78 is 11.1. The van der Waals surface area contributed by atoms with Crippen LogP contribution in [0, 0.1) is 0 Å². The third-order valence-corrected chi connectivity index (χ3v) is 3.87. The van der Waals surface area contributed by atoms with Crippen LogP contribution in [0.4, 0.5) is 0 Å². The average Bonchev–Trinajstić information content (AvgIpc) is 3.05. The molecule has 0 N–H and O–H groups in total. The highest BCUT2D eigenvalue weighted by atomic mass is 16.5. The van der Waals surface area contributed by atoms with Gasteiger partial charge in [0.1, 0.15) is 0 Å². The second kappa shape index (κ2) is 6.60. The molecule has 0 atom stereocenters. The topological polar surface area (TPSA) is 74.1 Å². The van der Waals surface area contributed by atoms with Crippen LogP contribution in [0.5, 0.6) is 0 Å². The van der Waals surface area contributed by atoms with E-state index in [-0.39, 0.29) is 16.9 Å². The van der Waals surface area contributed by atoms with Gasteiger partial charge in [-0.15, -0.1) is 0 Å². The number of hydrogen-bond acceptors (Lipinski definition) is 5. The summed E-state index contributed by atoms with van der Waals surface area (Å²) in [7, 11) is 2.46. The molecule has 3 aromatic rings. The summed E-state index contributed by atoms with van der Waals surface area (Å²) in [6, 6.07) is 12.0. The first kappa shape index (κ1) is 16.4. The predicted molar refractivity (Wildman–Crippen MR) is 90.0 cm³/mol. The molecule has 0 amide bonds. The molecule has 0 bridgehead atoms. The number of rotatable bonds is 4. The van der Waals surface area contributed by atoms with Gasteiger partial charge < -0.3 is 13.9 Å². The number of aromatic nitrogens is 1. The summed E-state index contributed by atoms with van der Waals surface area (Å²) in [6.45, 7) is 0. The Bertz CT molecular complexity index is 972. The smallest absolute Gasteiger partial charge is 0.340 e. The number of benzene rings is 1. The van der Waals surface area contributed by atoms with Crippen LogP contribution >= 0.6 is 0 Å². The first-order chi connectivity index (χ1) is 12.1. The maximum absolute atomic E-state index is 12.6. The number of carbonyl (C=O) groups is 3. The van der Waals surface area contributed by atoms with Crippen molar-refractivity contribution in [2.45, 2.75) is 0 Å². The number of fused-ring (bicyclic) bond motifs is 1. The second-order valence-electron chi connectivity index (χ2n) is 5.30. The molecule has 6 nitrogen and oxygen atoms in total. The Balaban J connectivity index is 2.18. The quantitative estimate of drug-likeness (QED) is 0.540. The van der Waals surface area contributed by atoms with E-state index in [1.165, 1.54) is 20.4 Å². The number of pyridine rings is 1. The summed E-state index contributed by atoms with van der Waals surface area (Å²) in [4.78, 5) is 36.7. The van der Waals surface area contributed by atoms with Gasteiger partial charge in [0.25, 0.3) is 0 Å². The number of ketones is 1. The summed E-state index contributed by atoms with van der Waals surface area (Å²) in [5, 5.41) is 0. The fourth-order valence-electron chi connectivity index (χ4n) is 2.65. The van der Waals surface area contributed by atoms with Gasteiger partial charge in [-0.25, -0.2) is 9.59 Å². The van der Waals surface area contributed by atoms with Gasteiger partial charge in [0.2, 0.25) is 0 Å². The molecule has 126 valence electrons. The molecule has 0 aliphatic carbocycles. The summed E-state index contributed by atoms with van der Waals surface area (Å²) in [6.07, 6.45) is 3.09. The molecular formula is C19H15NO5. The third-order valence-electron chi connectivity index (χ3n) is 3.87. The highest BCUT2D eigenvalue weighted by Gasteiger charge is 2.24. The van der Waals surface area contributed by atoms with E-state index >= 15 is 0 Å². The minimum Gasteiger partial charge on any atom is -0.465 e. The molecule has 1 aromatic carbocycles. The van der Waals surface area contributed by atoms with Crippen LogP contribution < -0.4 is 0 Å². The zero-order chi connectivity index (χ0) is 18.0. The molecule has 6 heteroatoms. The van der Waals surface area contributed by atoms with Crippen LogP contribution in [0.2, 0.25) is 0 Å². The molecule has 25 heavy (non-hydrogen) atoms. The van der Waals surface area contributed by atoms with Crippen molar-refractivity contribution >= 4 is 23.2 Å². The van der Waals surface area contributed by atoms with E-state index in [9.17, 15) is 14.4 Å². The minimum absolute atomic E-state index is 0.0667. The van der Waals surface area contributed by atoms with Crippen molar-refractivity contribution in [2.24, 2.45) is 0 Å². The Morgan fingerprint density at radius 1 is 0.880 bits per heavy atom. The summed E-state index contributed by atoms with van der Waals surface area (Å²) in [5.74, 6) is -1.51. The lowest BCUT2D eigenvalue weighted by atomic mass is 10.0. The second-order valence-corrected chi connectivity index (χ2v) is 5.30. The van der Waals surface area contributed by atoms with E-state index < -0.39 is 11.9 Å². The van der Waals surface area contributed by atoms with Gasteiger partial charge in [-0.1, -0.05) is 30.3 Å². The zero-order valence-corrected chi connectivity index (χ0v) is 13.7. The summed E-state index contributed by atoms with van der Waals surface area (Å²) >= 11 is 0. The summed E-state index contributed by atoms with van der Waals surface area (Å²) in [5.41, 5.74) is 1.48. The maximum Gasteiger partial charge on any atom is 0.340 e. The molecule has 0 unspecified atom stereocenters. The average molecular weight is 337 g/mol. The monoisotopic (exact) mass is 337 g/mol.